The van der Waals surface area contributed by atoms with Gasteiger partial charge in [0.1, 0.15) is 15.9 Å². The van der Waals surface area contributed by atoms with E-state index in [-0.39, 0.29) is 18.3 Å². The van der Waals surface area contributed by atoms with E-state index in [1.54, 1.807) is 6.07 Å². The number of carboxylic acid groups (broad SMARTS) is 1. The molecular weight excluding hydrogens is 528 g/mol. The highest BCUT2D eigenvalue weighted by atomic mass is 32.2. The number of likely N-dealkylation sites (tertiary alicyclic amines) is 1. The number of amides is 1. The van der Waals surface area contributed by atoms with Crippen molar-refractivity contribution in [3.05, 3.63) is 95.1 Å². The highest BCUT2D eigenvalue weighted by Gasteiger charge is 2.26. The van der Waals surface area contributed by atoms with E-state index in [0.717, 1.165) is 48.0 Å². The van der Waals surface area contributed by atoms with Gasteiger partial charge in [-0.05, 0) is 59.7 Å². The maximum absolute atomic E-state index is 13.3. The van der Waals surface area contributed by atoms with Gasteiger partial charge in [-0.3, -0.25) is 9.69 Å². The van der Waals surface area contributed by atoms with Crippen molar-refractivity contribution in [2.45, 2.75) is 45.1 Å². The van der Waals surface area contributed by atoms with Crippen molar-refractivity contribution in [3.8, 4) is 11.1 Å². The zero-order valence-corrected chi connectivity index (χ0v) is 23.7. The highest BCUT2D eigenvalue weighted by Crippen LogP contribution is 2.29. The molecule has 0 saturated carbocycles. The Hall–Kier alpha value is -3.53. The van der Waals surface area contributed by atoms with Crippen molar-refractivity contribution in [2.24, 2.45) is 0 Å². The first-order chi connectivity index (χ1) is 19.1. The smallest absolute Gasteiger partial charge is 0.326 e. The zero-order chi connectivity index (χ0) is 28.7. The fourth-order valence-electron chi connectivity index (χ4n) is 4.93. The van der Waals surface area contributed by atoms with Gasteiger partial charge in [0.15, 0.2) is 0 Å². The molecule has 9 heteroatoms. The van der Waals surface area contributed by atoms with Crippen molar-refractivity contribution in [3.63, 3.8) is 0 Å². The SMILES string of the molecule is Cc1ccccc1-c1cc(CN2CC[C@@H](OCc3ccccc3)C2)ccc1C(=O)N[C@@H](CCS(C)(=O)=O)C(=O)O. The lowest BCUT2D eigenvalue weighted by atomic mass is 9.93. The van der Waals surface area contributed by atoms with Crippen LogP contribution in [0.2, 0.25) is 0 Å². The second-order valence-corrected chi connectivity index (χ2v) is 12.7. The molecule has 40 heavy (non-hydrogen) atoms. The predicted molar refractivity (Wildman–Crippen MR) is 155 cm³/mol. The van der Waals surface area contributed by atoms with Gasteiger partial charge >= 0.3 is 5.97 Å². The number of aryl methyl sites for hydroxylation is 1. The molecule has 0 bridgehead atoms. The van der Waals surface area contributed by atoms with Crippen molar-refractivity contribution in [1.82, 2.24) is 10.2 Å². The Balaban J connectivity index is 1.50. The Morgan fingerprint density at radius 2 is 1.75 bits per heavy atom. The van der Waals surface area contributed by atoms with Gasteiger partial charge in [-0.2, -0.15) is 0 Å². The van der Waals surface area contributed by atoms with Crippen LogP contribution in [0, 0.1) is 6.92 Å². The number of nitrogens with zero attached hydrogens (tertiary/aromatic N) is 1. The second kappa shape index (κ2) is 13.2. The van der Waals surface area contributed by atoms with Crippen molar-refractivity contribution < 1.29 is 27.9 Å². The third kappa shape index (κ3) is 8.24. The largest absolute Gasteiger partial charge is 0.480 e. The van der Waals surface area contributed by atoms with Gasteiger partial charge in [-0.15, -0.1) is 0 Å². The summed E-state index contributed by atoms with van der Waals surface area (Å²) in [6.45, 7) is 4.96. The molecule has 2 atom stereocenters. The van der Waals surface area contributed by atoms with Gasteiger partial charge in [0.25, 0.3) is 5.91 Å². The number of hydrogen-bond donors (Lipinski definition) is 2. The van der Waals surface area contributed by atoms with Gasteiger partial charge in [0.05, 0.1) is 18.5 Å². The van der Waals surface area contributed by atoms with Gasteiger partial charge in [0, 0.05) is 31.5 Å². The molecule has 1 aliphatic heterocycles. The lowest BCUT2D eigenvalue weighted by Gasteiger charge is -2.20. The summed E-state index contributed by atoms with van der Waals surface area (Å²) in [6.07, 6.45) is 1.93. The molecule has 1 saturated heterocycles. The maximum atomic E-state index is 13.3. The molecule has 212 valence electrons. The summed E-state index contributed by atoms with van der Waals surface area (Å²) < 4.78 is 29.3. The van der Waals surface area contributed by atoms with Crippen LogP contribution in [0.3, 0.4) is 0 Å². The lowest BCUT2D eigenvalue weighted by Crippen LogP contribution is -2.42. The number of carboxylic acids is 1. The summed E-state index contributed by atoms with van der Waals surface area (Å²) in [5, 5.41) is 12.1. The van der Waals surface area contributed by atoms with E-state index in [4.69, 9.17) is 4.74 Å². The molecule has 1 aliphatic rings. The summed E-state index contributed by atoms with van der Waals surface area (Å²) in [5.41, 5.74) is 5.09. The van der Waals surface area contributed by atoms with Crippen LogP contribution < -0.4 is 5.32 Å². The van der Waals surface area contributed by atoms with Crippen LogP contribution in [0.15, 0.2) is 72.8 Å². The average Bonchev–Trinajstić information content (AvgIpc) is 3.37. The van der Waals surface area contributed by atoms with Gasteiger partial charge in [-0.25, -0.2) is 13.2 Å². The molecule has 1 amide bonds. The Labute approximate surface area is 235 Å². The number of nitrogens with one attached hydrogen (secondary N) is 1. The quantitative estimate of drug-likeness (QED) is 0.341. The van der Waals surface area contributed by atoms with Crippen molar-refractivity contribution in [1.29, 1.82) is 0 Å². The van der Waals surface area contributed by atoms with Crippen molar-refractivity contribution >= 4 is 21.7 Å². The summed E-state index contributed by atoms with van der Waals surface area (Å²) in [6, 6.07) is 22.1. The zero-order valence-electron chi connectivity index (χ0n) is 22.9. The number of benzene rings is 3. The lowest BCUT2D eigenvalue weighted by molar-refractivity contribution is -0.139. The van der Waals surface area contributed by atoms with E-state index in [0.29, 0.717) is 24.3 Å². The number of aliphatic carboxylic acids is 1. The molecule has 2 N–H and O–H groups in total. The van der Waals surface area contributed by atoms with E-state index in [1.165, 1.54) is 0 Å². The first kappa shape index (κ1) is 29.5. The van der Waals surface area contributed by atoms with E-state index in [1.807, 2.05) is 61.5 Å². The van der Waals surface area contributed by atoms with Crippen molar-refractivity contribution in [2.75, 3.05) is 25.1 Å². The van der Waals surface area contributed by atoms with Crippen LogP contribution in [-0.4, -0.2) is 67.5 Å². The number of carbonyl (C=O) groups excluding carboxylic acids is 1. The molecule has 3 aromatic rings. The van der Waals surface area contributed by atoms with Gasteiger partial charge < -0.3 is 15.2 Å². The van der Waals surface area contributed by atoms with Gasteiger partial charge in [0.2, 0.25) is 0 Å². The number of sulfone groups is 1. The summed E-state index contributed by atoms with van der Waals surface area (Å²) in [5.74, 6) is -2.16. The molecule has 1 fully saturated rings. The molecule has 0 radical (unpaired) electrons. The topological polar surface area (TPSA) is 113 Å². The first-order valence-corrected chi connectivity index (χ1v) is 15.4. The molecule has 8 nitrogen and oxygen atoms in total. The minimum Gasteiger partial charge on any atom is -0.480 e. The Bertz CT molecular complexity index is 1440. The summed E-state index contributed by atoms with van der Waals surface area (Å²) in [4.78, 5) is 27.4. The number of ether oxygens (including phenoxy) is 1. The third-order valence-corrected chi connectivity index (χ3v) is 8.09. The number of carbonyl (C=O) groups is 2. The van der Waals surface area contributed by atoms with Gasteiger partial charge in [-0.1, -0.05) is 60.7 Å². The Kier molecular flexibility index (Phi) is 9.73. The monoisotopic (exact) mass is 564 g/mol. The minimum atomic E-state index is -3.38. The van der Waals surface area contributed by atoms with Crippen LogP contribution >= 0.6 is 0 Å². The molecule has 1 heterocycles. The molecular formula is C31H36N2O6S. The fraction of sp³-hybridized carbons (Fsp3) is 0.355. The predicted octanol–water partition coefficient (Wildman–Crippen LogP) is 4.07. The van der Waals surface area contributed by atoms with Crippen LogP contribution in [0.5, 0.6) is 0 Å². The van der Waals surface area contributed by atoms with E-state index >= 15 is 0 Å². The molecule has 4 rings (SSSR count). The molecule has 0 aromatic heterocycles. The van der Waals surface area contributed by atoms with Crippen LogP contribution in [-0.2, 0) is 32.5 Å². The third-order valence-electron chi connectivity index (χ3n) is 7.11. The van der Waals surface area contributed by atoms with Crippen LogP contribution in [0.1, 0.15) is 39.9 Å². The molecule has 0 aliphatic carbocycles. The Morgan fingerprint density at radius 3 is 2.45 bits per heavy atom. The van der Waals surface area contributed by atoms with E-state index < -0.39 is 27.8 Å². The van der Waals surface area contributed by atoms with E-state index in [2.05, 4.69) is 22.3 Å². The normalized spacial score (nSPS) is 16.5. The minimum absolute atomic E-state index is 0.154. The number of hydrogen-bond acceptors (Lipinski definition) is 6. The number of rotatable bonds is 12. The molecule has 3 aromatic carbocycles. The van der Waals surface area contributed by atoms with Crippen LogP contribution in [0.25, 0.3) is 11.1 Å². The first-order valence-electron chi connectivity index (χ1n) is 13.4. The fourth-order valence-corrected chi connectivity index (χ4v) is 5.60. The molecule has 0 spiro atoms. The van der Waals surface area contributed by atoms with E-state index in [9.17, 15) is 23.1 Å². The summed E-state index contributed by atoms with van der Waals surface area (Å²) >= 11 is 0. The molecule has 0 unspecified atom stereocenters. The average molecular weight is 565 g/mol. The van der Waals surface area contributed by atoms with Crippen LogP contribution in [0.4, 0.5) is 0 Å². The Morgan fingerprint density at radius 1 is 1.02 bits per heavy atom. The summed E-state index contributed by atoms with van der Waals surface area (Å²) in [7, 11) is -3.38. The second-order valence-electron chi connectivity index (χ2n) is 10.4. The standard InChI is InChI=1S/C31H36N2O6S/c1-22-8-6-7-11-26(22)28-18-24(19-33-16-14-25(20-33)39-21-23-9-4-3-5-10-23)12-13-27(28)30(34)32-29(31(35)36)15-17-40(2,37)38/h3-13,18,25,29H,14-17,19-21H2,1-2H3,(H,32,34)(H,35,36)/t25-,29+/m1/s1. The highest BCUT2D eigenvalue weighted by molar-refractivity contribution is 7.90. The maximum Gasteiger partial charge on any atom is 0.326 e.